The van der Waals surface area contributed by atoms with Crippen LogP contribution in [0.15, 0.2) is 23.1 Å². The van der Waals surface area contributed by atoms with Crippen molar-refractivity contribution in [3.63, 3.8) is 0 Å². The molecule has 2 heterocycles. The van der Waals surface area contributed by atoms with E-state index in [-0.39, 0.29) is 5.91 Å². The molecule has 0 saturated heterocycles. The van der Waals surface area contributed by atoms with E-state index in [4.69, 9.17) is 0 Å². The van der Waals surface area contributed by atoms with Crippen molar-refractivity contribution in [3.05, 3.63) is 46.3 Å². The zero-order valence-corrected chi connectivity index (χ0v) is 16.5. The first-order valence-electron chi connectivity index (χ1n) is 8.96. The van der Waals surface area contributed by atoms with Gasteiger partial charge in [-0.1, -0.05) is 13.8 Å². The Balaban J connectivity index is 1.79. The Morgan fingerprint density at radius 1 is 1.27 bits per heavy atom. The lowest BCUT2D eigenvalue weighted by Crippen LogP contribution is -2.21. The Morgan fingerprint density at radius 3 is 2.77 bits per heavy atom. The van der Waals surface area contributed by atoms with Crippen molar-refractivity contribution < 1.29 is 9.00 Å². The zero-order chi connectivity index (χ0) is 18.6. The van der Waals surface area contributed by atoms with Crippen LogP contribution in [-0.2, 0) is 28.4 Å². The number of aromatic amines is 1. The summed E-state index contributed by atoms with van der Waals surface area (Å²) in [5, 5.41) is 2.91. The smallest absolute Gasteiger partial charge is 0.256 e. The number of H-pyrrole nitrogens is 1. The Morgan fingerprint density at radius 2 is 2.04 bits per heavy atom. The predicted octanol–water partition coefficient (Wildman–Crippen LogP) is 4.07. The molecule has 1 atom stereocenters. The molecule has 1 unspecified atom stereocenters. The minimum absolute atomic E-state index is 0.105. The Kier molecular flexibility index (Phi) is 3.95. The molecule has 0 spiro atoms. The molecule has 5 heteroatoms. The molecule has 2 N–H and O–H groups in total. The van der Waals surface area contributed by atoms with Crippen LogP contribution in [0.1, 0.15) is 48.3 Å². The van der Waals surface area contributed by atoms with Crippen LogP contribution in [-0.4, -0.2) is 21.4 Å². The Hall–Kier alpha value is -2.14. The van der Waals surface area contributed by atoms with E-state index >= 15 is 0 Å². The molecule has 136 valence electrons. The zero-order valence-electron chi connectivity index (χ0n) is 15.7. The summed E-state index contributed by atoms with van der Waals surface area (Å²) < 4.78 is 11.8. The highest BCUT2D eigenvalue weighted by atomic mass is 32.2. The van der Waals surface area contributed by atoms with E-state index in [0.29, 0.717) is 11.0 Å². The van der Waals surface area contributed by atoms with Gasteiger partial charge in [0, 0.05) is 44.6 Å². The number of carbonyl (C=O) groups is 1. The van der Waals surface area contributed by atoms with Crippen LogP contribution in [0.5, 0.6) is 0 Å². The van der Waals surface area contributed by atoms with Gasteiger partial charge >= 0.3 is 0 Å². The number of benzene rings is 1. The molecule has 2 aromatic rings. The highest BCUT2D eigenvalue weighted by Crippen LogP contribution is 2.39. The first kappa shape index (κ1) is 17.3. The molecule has 4 rings (SSSR count). The third-order valence-electron chi connectivity index (χ3n) is 5.61. The van der Waals surface area contributed by atoms with Crippen molar-refractivity contribution in [1.29, 1.82) is 0 Å². The van der Waals surface area contributed by atoms with Crippen LogP contribution in [0.4, 0.5) is 5.69 Å². The van der Waals surface area contributed by atoms with Gasteiger partial charge in [0.05, 0.1) is 5.57 Å². The largest absolute Gasteiger partial charge is 0.358 e. The van der Waals surface area contributed by atoms with Crippen LogP contribution >= 0.6 is 0 Å². The molecule has 0 bridgehead atoms. The van der Waals surface area contributed by atoms with Gasteiger partial charge in [-0.15, -0.1) is 0 Å². The summed E-state index contributed by atoms with van der Waals surface area (Å²) in [5.41, 5.74) is 7.51. The molecule has 0 fully saturated rings. The van der Waals surface area contributed by atoms with E-state index in [1.54, 1.807) is 12.3 Å². The fraction of sp³-hybridized carbons (Fsp3) is 0.381. The number of amides is 1. The number of nitrogens with one attached hydrogen (secondary N) is 2. The lowest BCUT2D eigenvalue weighted by atomic mass is 9.76. The van der Waals surface area contributed by atoms with Crippen molar-refractivity contribution in [3.8, 4) is 0 Å². The van der Waals surface area contributed by atoms with Crippen LogP contribution < -0.4 is 5.32 Å². The van der Waals surface area contributed by atoms with Gasteiger partial charge in [0.2, 0.25) is 0 Å². The standard InChI is InChI=1S/C21H24N2O2S/c1-12-16-11-21(2,3)8-7-18(16)22-19(12)10-15-14-9-13(26(4)25)5-6-17(14)23-20(15)24/h5-6,9-10,22H,7-8,11H2,1-4H3,(H,23,24). The van der Waals surface area contributed by atoms with Crippen molar-refractivity contribution >= 4 is 34.0 Å². The van der Waals surface area contributed by atoms with Crippen LogP contribution in [0.2, 0.25) is 0 Å². The number of rotatable bonds is 2. The van der Waals surface area contributed by atoms with Gasteiger partial charge in [0.25, 0.3) is 5.91 Å². The van der Waals surface area contributed by atoms with Gasteiger partial charge in [0.15, 0.2) is 0 Å². The normalized spacial score (nSPS) is 20.6. The molecule has 1 aromatic carbocycles. The molecule has 0 radical (unpaired) electrons. The van der Waals surface area contributed by atoms with Gasteiger partial charge in [0.1, 0.15) is 0 Å². The van der Waals surface area contributed by atoms with E-state index in [2.05, 4.69) is 31.1 Å². The maximum absolute atomic E-state index is 12.5. The second kappa shape index (κ2) is 5.95. The predicted molar refractivity (Wildman–Crippen MR) is 107 cm³/mol. The molecule has 4 nitrogen and oxygen atoms in total. The summed E-state index contributed by atoms with van der Waals surface area (Å²) in [6.45, 7) is 6.76. The molecule has 26 heavy (non-hydrogen) atoms. The summed E-state index contributed by atoms with van der Waals surface area (Å²) in [4.78, 5) is 16.8. The van der Waals surface area contributed by atoms with E-state index in [9.17, 15) is 9.00 Å². The van der Waals surface area contributed by atoms with Crippen LogP contribution in [0.3, 0.4) is 0 Å². The summed E-state index contributed by atoms with van der Waals surface area (Å²) in [6, 6.07) is 5.50. The minimum atomic E-state index is -1.08. The number of hydrogen-bond donors (Lipinski definition) is 2. The second-order valence-corrected chi connectivity index (χ2v) is 9.52. The molecule has 2 aliphatic rings. The maximum Gasteiger partial charge on any atom is 0.256 e. The fourth-order valence-corrected chi connectivity index (χ4v) is 4.53. The van der Waals surface area contributed by atoms with Gasteiger partial charge < -0.3 is 10.3 Å². The lowest BCUT2D eigenvalue weighted by Gasteiger charge is -2.29. The topological polar surface area (TPSA) is 62.0 Å². The molecule has 1 aliphatic carbocycles. The number of fused-ring (bicyclic) bond motifs is 2. The first-order valence-corrected chi connectivity index (χ1v) is 10.5. The number of aryl methyl sites for hydroxylation is 1. The minimum Gasteiger partial charge on any atom is -0.358 e. The molecule has 1 amide bonds. The van der Waals surface area contributed by atoms with Gasteiger partial charge in [-0.25, -0.2) is 0 Å². The third kappa shape index (κ3) is 2.84. The third-order valence-corrected chi connectivity index (χ3v) is 6.53. The van der Waals surface area contributed by atoms with E-state index in [1.807, 2.05) is 18.2 Å². The molecule has 1 aromatic heterocycles. The van der Waals surface area contributed by atoms with Gasteiger partial charge in [-0.05, 0) is 67.0 Å². The summed E-state index contributed by atoms with van der Waals surface area (Å²) in [5.74, 6) is -0.105. The highest BCUT2D eigenvalue weighted by molar-refractivity contribution is 7.84. The molecular weight excluding hydrogens is 344 g/mol. The Bertz CT molecular complexity index is 982. The van der Waals surface area contributed by atoms with Gasteiger partial charge in [-0.2, -0.15) is 0 Å². The fourth-order valence-electron chi connectivity index (χ4n) is 3.98. The summed E-state index contributed by atoms with van der Waals surface area (Å²) >= 11 is 0. The average Bonchev–Trinajstić information content (AvgIpc) is 3.04. The second-order valence-electron chi connectivity index (χ2n) is 8.14. The van der Waals surface area contributed by atoms with Gasteiger partial charge in [-0.3, -0.25) is 9.00 Å². The quantitative estimate of drug-likeness (QED) is 0.785. The lowest BCUT2D eigenvalue weighted by molar-refractivity contribution is -0.110. The van der Waals surface area contributed by atoms with E-state index in [1.165, 1.54) is 23.2 Å². The summed E-state index contributed by atoms with van der Waals surface area (Å²) in [6.07, 6.45) is 6.89. The maximum atomic E-state index is 12.5. The van der Waals surface area contributed by atoms with Crippen LogP contribution in [0, 0.1) is 12.3 Å². The number of hydrogen-bond acceptors (Lipinski definition) is 2. The van der Waals surface area contributed by atoms with Crippen molar-refractivity contribution in [2.24, 2.45) is 5.41 Å². The summed E-state index contributed by atoms with van der Waals surface area (Å²) in [7, 11) is -1.08. The first-order chi connectivity index (χ1) is 12.2. The molecular formula is C21H24N2O2S. The van der Waals surface area contributed by atoms with Crippen molar-refractivity contribution in [2.75, 3.05) is 11.6 Å². The SMILES string of the molecule is Cc1c(C=C2C(=O)Nc3ccc(S(C)=O)cc32)[nH]c2c1CC(C)(C)CC2. The molecule has 0 saturated carbocycles. The van der Waals surface area contributed by atoms with E-state index < -0.39 is 10.8 Å². The Labute approximate surface area is 156 Å². The van der Waals surface area contributed by atoms with E-state index in [0.717, 1.165) is 34.7 Å². The average molecular weight is 369 g/mol. The highest BCUT2D eigenvalue weighted by Gasteiger charge is 2.30. The number of anilines is 1. The van der Waals surface area contributed by atoms with Crippen LogP contribution in [0.25, 0.3) is 11.6 Å². The monoisotopic (exact) mass is 368 g/mol. The number of carbonyl (C=O) groups excluding carboxylic acids is 1. The van der Waals surface area contributed by atoms with Crippen molar-refractivity contribution in [1.82, 2.24) is 4.98 Å². The van der Waals surface area contributed by atoms with Crippen molar-refractivity contribution in [2.45, 2.75) is 44.9 Å². The number of aromatic nitrogens is 1. The molecule has 1 aliphatic heterocycles.